The summed E-state index contributed by atoms with van der Waals surface area (Å²) in [5, 5.41) is 4.42. The van der Waals surface area contributed by atoms with E-state index >= 15 is 0 Å². The van der Waals surface area contributed by atoms with E-state index in [9.17, 15) is 0 Å². The molecule has 1 heterocycles. The van der Waals surface area contributed by atoms with Crippen LogP contribution in [0.5, 0.6) is 0 Å². The number of nitrogens with one attached hydrogen (secondary N) is 1. The van der Waals surface area contributed by atoms with Gasteiger partial charge in [-0.3, -0.25) is 0 Å². The quantitative estimate of drug-likeness (QED) is 0.713. The number of anilines is 1. The fourth-order valence-corrected chi connectivity index (χ4v) is 2.31. The molecule has 2 rings (SSSR count). The molecule has 2 aromatic rings. The molecule has 90 valence electrons. The van der Waals surface area contributed by atoms with E-state index in [1.165, 1.54) is 0 Å². The molecule has 0 amide bonds. The van der Waals surface area contributed by atoms with Crippen molar-refractivity contribution in [1.29, 1.82) is 0 Å². The lowest BCUT2D eigenvalue weighted by Crippen LogP contribution is -1.98. The normalized spacial score (nSPS) is 10.6. The summed E-state index contributed by atoms with van der Waals surface area (Å²) in [6, 6.07) is 7.15. The third-order valence-electron chi connectivity index (χ3n) is 2.08. The predicted molar refractivity (Wildman–Crippen MR) is 77.9 cm³/mol. The summed E-state index contributed by atoms with van der Waals surface area (Å²) in [6.45, 7) is 0.532. The minimum Gasteiger partial charge on any atom is -0.451 e. The lowest BCUT2D eigenvalue weighted by molar-refractivity contribution is 0.494. The van der Waals surface area contributed by atoms with Crippen molar-refractivity contribution in [1.82, 2.24) is 0 Å². The Labute approximate surface area is 126 Å². The van der Waals surface area contributed by atoms with Crippen molar-refractivity contribution < 1.29 is 4.42 Å². The second kappa shape index (κ2) is 5.65. The first-order valence-electron chi connectivity index (χ1n) is 4.69. The Kier molecular flexibility index (Phi) is 4.42. The topological polar surface area (TPSA) is 25.2 Å². The molecule has 0 saturated heterocycles. The van der Waals surface area contributed by atoms with E-state index in [2.05, 4.69) is 37.2 Å². The Hall–Kier alpha value is -0.160. The summed E-state index contributed by atoms with van der Waals surface area (Å²) in [7, 11) is 0. The average molecular weight is 400 g/mol. The van der Waals surface area contributed by atoms with Gasteiger partial charge >= 0.3 is 0 Å². The van der Waals surface area contributed by atoms with Gasteiger partial charge in [0.1, 0.15) is 5.76 Å². The van der Waals surface area contributed by atoms with E-state index in [1.807, 2.05) is 6.07 Å². The maximum atomic E-state index is 6.03. The predicted octanol–water partition coefficient (Wildman–Crippen LogP) is 5.72. The molecule has 0 aliphatic carbocycles. The van der Waals surface area contributed by atoms with Crippen molar-refractivity contribution >= 4 is 60.7 Å². The Morgan fingerprint density at radius 3 is 2.59 bits per heavy atom. The molecule has 1 aromatic carbocycles. The third-order valence-corrected chi connectivity index (χ3v) is 4.35. The monoisotopic (exact) mass is 397 g/mol. The standard InChI is InChI=1S/C11H7Br2Cl2NO/c12-8-4-7(17-11(8)13)5-16-10-3-6(14)1-2-9(10)15/h1-4,16H,5H2. The van der Waals surface area contributed by atoms with Gasteiger partial charge in [-0.25, -0.2) is 0 Å². The van der Waals surface area contributed by atoms with Gasteiger partial charge in [0, 0.05) is 5.02 Å². The van der Waals surface area contributed by atoms with Gasteiger partial charge in [-0.05, 0) is 56.1 Å². The SMILES string of the molecule is Clc1ccc(Cl)c(NCc2cc(Br)c(Br)o2)c1. The van der Waals surface area contributed by atoms with E-state index in [0.29, 0.717) is 21.3 Å². The summed E-state index contributed by atoms with van der Waals surface area (Å²) >= 11 is 18.6. The van der Waals surface area contributed by atoms with Crippen molar-refractivity contribution in [2.24, 2.45) is 0 Å². The molecule has 2 nitrogen and oxygen atoms in total. The van der Waals surface area contributed by atoms with Crippen molar-refractivity contribution in [2.45, 2.75) is 6.54 Å². The van der Waals surface area contributed by atoms with Gasteiger partial charge in [0.15, 0.2) is 4.67 Å². The number of furan rings is 1. The molecule has 6 heteroatoms. The van der Waals surface area contributed by atoms with Crippen LogP contribution in [0.4, 0.5) is 5.69 Å². The molecular formula is C11H7Br2Cl2NO. The van der Waals surface area contributed by atoms with Crippen LogP contribution < -0.4 is 5.32 Å². The highest BCUT2D eigenvalue weighted by Crippen LogP contribution is 2.29. The van der Waals surface area contributed by atoms with Crippen LogP contribution in [0.2, 0.25) is 10.0 Å². The van der Waals surface area contributed by atoms with Crippen molar-refractivity contribution in [3.63, 3.8) is 0 Å². The van der Waals surface area contributed by atoms with E-state index < -0.39 is 0 Å². The highest BCUT2D eigenvalue weighted by Gasteiger charge is 2.07. The molecule has 1 aromatic heterocycles. The van der Waals surface area contributed by atoms with Gasteiger partial charge < -0.3 is 9.73 Å². The van der Waals surface area contributed by atoms with Crippen LogP contribution in [0, 0.1) is 0 Å². The van der Waals surface area contributed by atoms with Gasteiger partial charge in [-0.2, -0.15) is 0 Å². The van der Waals surface area contributed by atoms with Crippen LogP contribution >= 0.6 is 55.1 Å². The maximum Gasteiger partial charge on any atom is 0.183 e. The first-order chi connectivity index (χ1) is 8.06. The minimum absolute atomic E-state index is 0.532. The molecule has 0 aliphatic heterocycles. The zero-order valence-electron chi connectivity index (χ0n) is 8.44. The Morgan fingerprint density at radius 1 is 1.18 bits per heavy atom. The van der Waals surface area contributed by atoms with Crippen LogP contribution in [0.25, 0.3) is 0 Å². The Balaban J connectivity index is 2.09. The number of benzene rings is 1. The summed E-state index contributed by atoms with van der Waals surface area (Å²) < 4.78 is 6.99. The van der Waals surface area contributed by atoms with E-state index in [-0.39, 0.29) is 0 Å². The van der Waals surface area contributed by atoms with Crippen molar-refractivity contribution in [2.75, 3.05) is 5.32 Å². The largest absolute Gasteiger partial charge is 0.451 e. The summed E-state index contributed by atoms with van der Waals surface area (Å²) in [6.07, 6.45) is 0. The number of halogens is 4. The van der Waals surface area contributed by atoms with E-state index in [4.69, 9.17) is 27.6 Å². The lowest BCUT2D eigenvalue weighted by Gasteiger charge is -2.06. The summed E-state index contributed by atoms with van der Waals surface area (Å²) in [4.78, 5) is 0. The number of hydrogen-bond donors (Lipinski definition) is 1. The first kappa shape index (κ1) is 13.3. The Bertz CT molecular complexity index is 523. The third kappa shape index (κ3) is 3.41. The zero-order valence-corrected chi connectivity index (χ0v) is 13.1. The van der Waals surface area contributed by atoms with Gasteiger partial charge in [0.2, 0.25) is 0 Å². The highest BCUT2D eigenvalue weighted by molar-refractivity contribution is 9.13. The van der Waals surface area contributed by atoms with Crippen LogP contribution in [0.15, 0.2) is 37.8 Å². The summed E-state index contributed by atoms with van der Waals surface area (Å²) in [5.41, 5.74) is 0.780. The number of hydrogen-bond acceptors (Lipinski definition) is 2. The molecule has 0 spiro atoms. The second-order valence-corrected chi connectivity index (χ2v) is 5.73. The van der Waals surface area contributed by atoms with Crippen LogP contribution in [0.1, 0.15) is 5.76 Å². The van der Waals surface area contributed by atoms with Crippen LogP contribution in [-0.4, -0.2) is 0 Å². The molecule has 0 unspecified atom stereocenters. The molecule has 0 atom stereocenters. The molecule has 0 aliphatic rings. The van der Waals surface area contributed by atoms with Gasteiger partial charge in [-0.15, -0.1) is 0 Å². The zero-order chi connectivity index (χ0) is 12.4. The maximum absolute atomic E-state index is 6.03. The molecule has 0 fully saturated rings. The smallest absolute Gasteiger partial charge is 0.183 e. The molecular weight excluding hydrogens is 393 g/mol. The van der Waals surface area contributed by atoms with Crippen molar-refractivity contribution in [3.05, 3.63) is 49.2 Å². The van der Waals surface area contributed by atoms with E-state index in [1.54, 1.807) is 18.2 Å². The molecule has 0 saturated carbocycles. The van der Waals surface area contributed by atoms with Gasteiger partial charge in [0.05, 0.1) is 21.7 Å². The molecule has 1 N–H and O–H groups in total. The fourth-order valence-electron chi connectivity index (χ4n) is 1.29. The lowest BCUT2D eigenvalue weighted by atomic mass is 10.3. The van der Waals surface area contributed by atoms with Crippen LogP contribution in [-0.2, 0) is 6.54 Å². The second-order valence-electron chi connectivity index (χ2n) is 3.31. The molecule has 0 radical (unpaired) electrons. The minimum atomic E-state index is 0.532. The Morgan fingerprint density at radius 2 is 1.94 bits per heavy atom. The average Bonchev–Trinajstić information content (AvgIpc) is 2.60. The molecule has 17 heavy (non-hydrogen) atoms. The fraction of sp³-hybridized carbons (Fsp3) is 0.0909. The molecule has 0 bridgehead atoms. The van der Waals surface area contributed by atoms with Crippen LogP contribution in [0.3, 0.4) is 0 Å². The van der Waals surface area contributed by atoms with Gasteiger partial charge in [0.25, 0.3) is 0 Å². The first-order valence-corrected chi connectivity index (χ1v) is 7.03. The van der Waals surface area contributed by atoms with Crippen molar-refractivity contribution in [3.8, 4) is 0 Å². The highest BCUT2D eigenvalue weighted by atomic mass is 79.9. The van der Waals surface area contributed by atoms with Gasteiger partial charge in [-0.1, -0.05) is 23.2 Å². The summed E-state index contributed by atoms with van der Waals surface area (Å²) in [5.74, 6) is 0.791. The van der Waals surface area contributed by atoms with E-state index in [0.717, 1.165) is 15.9 Å². The number of rotatable bonds is 3.